The summed E-state index contributed by atoms with van der Waals surface area (Å²) in [5, 5.41) is 5.16. The maximum absolute atomic E-state index is 11.7. The first kappa shape index (κ1) is 15.5. The molecule has 1 aliphatic rings. The normalized spacial score (nSPS) is 15.4. The van der Waals surface area contributed by atoms with E-state index in [0.29, 0.717) is 5.69 Å². The Labute approximate surface area is 124 Å². The molecule has 1 aromatic rings. The van der Waals surface area contributed by atoms with Gasteiger partial charge in [0.05, 0.1) is 4.90 Å². The molecule has 0 unspecified atom stereocenters. The third-order valence-electron chi connectivity index (χ3n) is 3.29. The Hall–Kier alpha value is -1.86. The number of nitrogens with one attached hydrogen (secondary N) is 2. The SMILES string of the molecule is O=C(NC=C1CCCCC1)Nc1cccc(S(=O)(=O)O)c1. The Kier molecular flexibility index (Phi) is 4.98. The summed E-state index contributed by atoms with van der Waals surface area (Å²) in [7, 11) is -4.27. The Balaban J connectivity index is 1.96. The second-order valence-corrected chi connectivity index (χ2v) is 6.39. The number of urea groups is 1. The predicted molar refractivity (Wildman–Crippen MR) is 79.6 cm³/mol. The molecule has 0 spiro atoms. The van der Waals surface area contributed by atoms with Crippen molar-refractivity contribution in [2.75, 3.05) is 5.32 Å². The number of benzene rings is 1. The molecule has 3 N–H and O–H groups in total. The van der Waals surface area contributed by atoms with Crippen molar-refractivity contribution in [3.05, 3.63) is 36.0 Å². The lowest BCUT2D eigenvalue weighted by Crippen LogP contribution is -2.24. The molecular formula is C14H18N2O4S. The number of anilines is 1. The summed E-state index contributed by atoms with van der Waals surface area (Å²) >= 11 is 0. The van der Waals surface area contributed by atoms with Crippen LogP contribution >= 0.6 is 0 Å². The highest BCUT2D eigenvalue weighted by Crippen LogP contribution is 2.21. The molecule has 7 heteroatoms. The molecule has 2 rings (SSSR count). The van der Waals surface area contributed by atoms with Gasteiger partial charge in [-0.3, -0.25) is 4.55 Å². The molecule has 0 heterocycles. The van der Waals surface area contributed by atoms with Gasteiger partial charge in [-0.25, -0.2) is 4.79 Å². The van der Waals surface area contributed by atoms with Crippen LogP contribution in [-0.4, -0.2) is 19.0 Å². The Bertz CT molecular complexity index is 645. The van der Waals surface area contributed by atoms with Crippen molar-refractivity contribution in [1.82, 2.24) is 5.32 Å². The molecule has 0 aromatic heterocycles. The lowest BCUT2D eigenvalue weighted by Gasteiger charge is -2.13. The molecule has 1 saturated carbocycles. The van der Waals surface area contributed by atoms with Crippen molar-refractivity contribution in [3.63, 3.8) is 0 Å². The summed E-state index contributed by atoms with van der Waals surface area (Å²) in [6, 6.07) is 4.99. The molecule has 0 aliphatic heterocycles. The van der Waals surface area contributed by atoms with Crippen LogP contribution in [0.2, 0.25) is 0 Å². The minimum atomic E-state index is -4.27. The van der Waals surface area contributed by atoms with Crippen LogP contribution < -0.4 is 10.6 Å². The zero-order valence-corrected chi connectivity index (χ0v) is 12.3. The summed E-state index contributed by atoms with van der Waals surface area (Å²) in [6.45, 7) is 0. The number of carbonyl (C=O) groups excluding carboxylic acids is 1. The Morgan fingerprint density at radius 3 is 2.57 bits per heavy atom. The number of rotatable bonds is 3. The molecule has 21 heavy (non-hydrogen) atoms. The number of hydrogen-bond acceptors (Lipinski definition) is 3. The smallest absolute Gasteiger partial charge is 0.314 e. The molecule has 6 nitrogen and oxygen atoms in total. The number of allylic oxidation sites excluding steroid dienone is 1. The number of hydrogen-bond donors (Lipinski definition) is 3. The minimum absolute atomic E-state index is 0.258. The van der Waals surface area contributed by atoms with E-state index in [1.807, 2.05) is 0 Å². The Morgan fingerprint density at radius 1 is 1.19 bits per heavy atom. The zero-order chi connectivity index (χ0) is 15.3. The van der Waals surface area contributed by atoms with Gasteiger partial charge < -0.3 is 10.6 Å². The Morgan fingerprint density at radius 2 is 1.90 bits per heavy atom. The zero-order valence-electron chi connectivity index (χ0n) is 11.5. The van der Waals surface area contributed by atoms with Gasteiger partial charge in [0.1, 0.15) is 0 Å². The van der Waals surface area contributed by atoms with Crippen molar-refractivity contribution >= 4 is 21.8 Å². The van der Waals surface area contributed by atoms with Crippen molar-refractivity contribution in [2.24, 2.45) is 0 Å². The molecule has 1 aromatic carbocycles. The van der Waals surface area contributed by atoms with Crippen LogP contribution in [0.4, 0.5) is 10.5 Å². The number of carbonyl (C=O) groups is 1. The van der Waals surface area contributed by atoms with Gasteiger partial charge in [-0.05, 0) is 43.9 Å². The molecule has 2 amide bonds. The van der Waals surface area contributed by atoms with Crippen LogP contribution in [-0.2, 0) is 10.1 Å². The standard InChI is InChI=1S/C14H18N2O4S/c17-14(15-10-11-5-2-1-3-6-11)16-12-7-4-8-13(9-12)21(18,19)20/h4,7-10H,1-3,5-6H2,(H2,15,16,17)(H,18,19,20). The fourth-order valence-electron chi connectivity index (χ4n) is 2.22. The first-order valence-electron chi connectivity index (χ1n) is 6.78. The molecule has 1 aliphatic carbocycles. The van der Waals surface area contributed by atoms with E-state index >= 15 is 0 Å². The van der Waals surface area contributed by atoms with Crippen LogP contribution in [0.15, 0.2) is 40.9 Å². The molecule has 0 atom stereocenters. The molecule has 1 fully saturated rings. The van der Waals surface area contributed by atoms with E-state index in [-0.39, 0.29) is 4.90 Å². The first-order chi connectivity index (χ1) is 9.95. The van der Waals surface area contributed by atoms with Crippen LogP contribution in [0.25, 0.3) is 0 Å². The quantitative estimate of drug-likeness (QED) is 0.748. The highest BCUT2D eigenvalue weighted by molar-refractivity contribution is 7.85. The van der Waals surface area contributed by atoms with Gasteiger partial charge in [-0.1, -0.05) is 18.1 Å². The summed E-state index contributed by atoms with van der Waals surface area (Å²) in [4.78, 5) is 11.5. The fourth-order valence-corrected chi connectivity index (χ4v) is 2.75. The summed E-state index contributed by atoms with van der Waals surface area (Å²) in [6.07, 6.45) is 7.22. The maximum atomic E-state index is 11.7. The highest BCUT2D eigenvalue weighted by atomic mass is 32.2. The van der Waals surface area contributed by atoms with Crippen LogP contribution in [0.1, 0.15) is 32.1 Å². The first-order valence-corrected chi connectivity index (χ1v) is 8.22. The second kappa shape index (κ2) is 6.73. The number of amides is 2. The highest BCUT2D eigenvalue weighted by Gasteiger charge is 2.11. The molecular weight excluding hydrogens is 292 g/mol. The van der Waals surface area contributed by atoms with Crippen molar-refractivity contribution in [3.8, 4) is 0 Å². The average molecular weight is 310 g/mol. The average Bonchev–Trinajstić information content (AvgIpc) is 2.46. The van der Waals surface area contributed by atoms with E-state index in [4.69, 9.17) is 4.55 Å². The minimum Gasteiger partial charge on any atom is -0.314 e. The summed E-state index contributed by atoms with van der Waals surface area (Å²) in [5.74, 6) is 0. The van der Waals surface area contributed by atoms with E-state index in [0.717, 1.165) is 25.7 Å². The van der Waals surface area contributed by atoms with Crippen LogP contribution in [0.5, 0.6) is 0 Å². The van der Waals surface area contributed by atoms with E-state index in [1.165, 1.54) is 30.2 Å². The van der Waals surface area contributed by atoms with Crippen LogP contribution in [0, 0.1) is 0 Å². The topological polar surface area (TPSA) is 95.5 Å². The third kappa shape index (κ3) is 4.87. The van der Waals surface area contributed by atoms with E-state index in [9.17, 15) is 13.2 Å². The van der Waals surface area contributed by atoms with Crippen LogP contribution in [0.3, 0.4) is 0 Å². The van der Waals surface area contributed by atoms with Gasteiger partial charge >= 0.3 is 6.03 Å². The predicted octanol–water partition coefficient (Wildman–Crippen LogP) is 2.90. The lowest BCUT2D eigenvalue weighted by atomic mass is 9.96. The molecule has 0 saturated heterocycles. The molecule has 0 radical (unpaired) electrons. The lowest BCUT2D eigenvalue weighted by molar-refractivity contribution is 0.255. The molecule has 0 bridgehead atoms. The summed E-state index contributed by atoms with van der Waals surface area (Å²) < 4.78 is 31.0. The van der Waals surface area contributed by atoms with Crippen molar-refractivity contribution in [2.45, 2.75) is 37.0 Å². The van der Waals surface area contributed by atoms with Gasteiger partial charge in [-0.15, -0.1) is 0 Å². The largest absolute Gasteiger partial charge is 0.323 e. The van der Waals surface area contributed by atoms with Gasteiger partial charge in [0.2, 0.25) is 0 Å². The van der Waals surface area contributed by atoms with E-state index in [1.54, 1.807) is 12.3 Å². The maximum Gasteiger partial charge on any atom is 0.323 e. The fraction of sp³-hybridized carbons (Fsp3) is 0.357. The van der Waals surface area contributed by atoms with Gasteiger partial charge in [-0.2, -0.15) is 8.42 Å². The monoisotopic (exact) mass is 310 g/mol. The van der Waals surface area contributed by atoms with Gasteiger partial charge in [0, 0.05) is 11.9 Å². The summed E-state index contributed by atoms with van der Waals surface area (Å²) in [5.41, 5.74) is 1.51. The molecule has 114 valence electrons. The van der Waals surface area contributed by atoms with Gasteiger partial charge in [0.15, 0.2) is 0 Å². The third-order valence-corrected chi connectivity index (χ3v) is 4.14. The van der Waals surface area contributed by atoms with Gasteiger partial charge in [0.25, 0.3) is 10.1 Å². The van der Waals surface area contributed by atoms with E-state index in [2.05, 4.69) is 10.6 Å². The second-order valence-electron chi connectivity index (χ2n) is 4.96. The van der Waals surface area contributed by atoms with Crippen molar-refractivity contribution < 1.29 is 17.8 Å². The van der Waals surface area contributed by atoms with Crippen molar-refractivity contribution in [1.29, 1.82) is 0 Å². The van der Waals surface area contributed by atoms with E-state index < -0.39 is 16.1 Å².